The van der Waals surface area contributed by atoms with Gasteiger partial charge in [0.1, 0.15) is 0 Å². The van der Waals surface area contributed by atoms with Crippen molar-refractivity contribution in [1.29, 1.82) is 0 Å². The first kappa shape index (κ1) is 11.7. The Morgan fingerprint density at radius 3 is 2.56 bits per heavy atom. The molecule has 3 heteroatoms. The molecule has 0 bridgehead atoms. The highest BCUT2D eigenvalue weighted by atomic mass is 15.4. The van der Waals surface area contributed by atoms with E-state index in [0.29, 0.717) is 11.3 Å². The largest absolute Gasteiger partial charge is 0.370 e. The molecule has 3 nitrogen and oxygen atoms in total. The molecule has 16 heavy (non-hydrogen) atoms. The highest BCUT2D eigenvalue weighted by Crippen LogP contribution is 2.48. The molecule has 0 saturated heterocycles. The molecule has 1 saturated carbocycles. The molecule has 1 spiro atoms. The van der Waals surface area contributed by atoms with Crippen LogP contribution < -0.4 is 5.73 Å². The maximum atomic E-state index is 6.05. The molecule has 1 aliphatic carbocycles. The Hall–Kier alpha value is -0.730. The molecule has 0 aromatic carbocycles. The van der Waals surface area contributed by atoms with Gasteiger partial charge in [0, 0.05) is 6.54 Å². The summed E-state index contributed by atoms with van der Waals surface area (Å²) < 4.78 is 0. The summed E-state index contributed by atoms with van der Waals surface area (Å²) in [5.74, 6) is 1.42. The third-order valence-electron chi connectivity index (χ3n) is 4.01. The second-order valence-corrected chi connectivity index (χ2v) is 6.74. The fourth-order valence-electron chi connectivity index (χ4n) is 3.30. The fourth-order valence-corrected chi connectivity index (χ4v) is 3.30. The lowest BCUT2D eigenvalue weighted by Crippen LogP contribution is -2.51. The fraction of sp³-hybridized carbons (Fsp3) is 0.923. The van der Waals surface area contributed by atoms with Gasteiger partial charge in [-0.1, -0.05) is 27.7 Å². The van der Waals surface area contributed by atoms with Crippen LogP contribution in [0.1, 0.15) is 47.0 Å². The van der Waals surface area contributed by atoms with Gasteiger partial charge in [-0.05, 0) is 30.6 Å². The second-order valence-electron chi connectivity index (χ2n) is 6.74. The zero-order valence-electron chi connectivity index (χ0n) is 11.1. The summed E-state index contributed by atoms with van der Waals surface area (Å²) >= 11 is 0. The van der Waals surface area contributed by atoms with Crippen molar-refractivity contribution in [3.05, 3.63) is 0 Å². The van der Waals surface area contributed by atoms with Crippen LogP contribution in [-0.2, 0) is 0 Å². The summed E-state index contributed by atoms with van der Waals surface area (Å²) in [4.78, 5) is 6.87. The predicted octanol–water partition coefficient (Wildman–Crippen LogP) is 2.22. The van der Waals surface area contributed by atoms with E-state index in [9.17, 15) is 0 Å². The van der Waals surface area contributed by atoms with Crippen LogP contribution in [0.15, 0.2) is 4.99 Å². The first-order valence-electron chi connectivity index (χ1n) is 6.42. The van der Waals surface area contributed by atoms with Crippen molar-refractivity contribution in [2.45, 2.75) is 52.5 Å². The Kier molecular flexibility index (Phi) is 2.67. The Labute approximate surface area is 99.1 Å². The van der Waals surface area contributed by atoms with Crippen molar-refractivity contribution in [2.24, 2.45) is 22.1 Å². The van der Waals surface area contributed by atoms with E-state index in [1.807, 2.05) is 0 Å². The quantitative estimate of drug-likeness (QED) is 0.780. The van der Waals surface area contributed by atoms with Crippen LogP contribution in [-0.4, -0.2) is 29.5 Å². The minimum absolute atomic E-state index is 0.248. The number of guanidine groups is 1. The molecular weight excluding hydrogens is 198 g/mol. The van der Waals surface area contributed by atoms with E-state index >= 15 is 0 Å². The molecule has 2 N–H and O–H groups in total. The lowest BCUT2D eigenvalue weighted by atomic mass is 9.87. The zero-order valence-corrected chi connectivity index (χ0v) is 11.1. The van der Waals surface area contributed by atoms with Gasteiger partial charge < -0.3 is 10.6 Å². The van der Waals surface area contributed by atoms with Crippen LogP contribution in [0, 0.1) is 11.3 Å². The Bertz CT molecular complexity index is 306. The molecule has 0 amide bonds. The average molecular weight is 223 g/mol. The van der Waals surface area contributed by atoms with E-state index in [-0.39, 0.29) is 5.54 Å². The molecule has 0 radical (unpaired) electrons. The number of nitrogens with zero attached hydrogens (tertiary/aromatic N) is 2. The van der Waals surface area contributed by atoms with E-state index in [0.717, 1.165) is 19.0 Å². The molecule has 92 valence electrons. The van der Waals surface area contributed by atoms with Crippen molar-refractivity contribution in [2.75, 3.05) is 13.1 Å². The van der Waals surface area contributed by atoms with Crippen LogP contribution in [0.5, 0.6) is 0 Å². The summed E-state index contributed by atoms with van der Waals surface area (Å²) in [6.07, 6.45) is 3.78. The molecule has 0 aromatic rings. The number of hydrogen-bond acceptors (Lipinski definition) is 3. The second kappa shape index (κ2) is 3.64. The van der Waals surface area contributed by atoms with Gasteiger partial charge in [-0.25, -0.2) is 0 Å². The number of aliphatic imine (C=N–C) groups is 1. The number of hydrogen-bond donors (Lipinski definition) is 1. The van der Waals surface area contributed by atoms with Crippen LogP contribution in [0.3, 0.4) is 0 Å². The molecule has 1 aliphatic heterocycles. The van der Waals surface area contributed by atoms with E-state index in [2.05, 4.69) is 37.6 Å². The van der Waals surface area contributed by atoms with Gasteiger partial charge >= 0.3 is 0 Å². The monoisotopic (exact) mass is 223 g/mol. The van der Waals surface area contributed by atoms with Crippen LogP contribution in [0.25, 0.3) is 0 Å². The first-order chi connectivity index (χ1) is 7.35. The van der Waals surface area contributed by atoms with E-state index in [1.165, 1.54) is 19.3 Å². The third-order valence-corrected chi connectivity index (χ3v) is 4.01. The topological polar surface area (TPSA) is 41.6 Å². The lowest BCUT2D eigenvalue weighted by Gasteiger charge is -2.38. The smallest absolute Gasteiger partial charge is 0.191 e. The summed E-state index contributed by atoms with van der Waals surface area (Å²) in [5, 5.41) is 0. The molecular formula is C13H25N3. The Balaban J connectivity index is 2.16. The van der Waals surface area contributed by atoms with Crippen LogP contribution >= 0.6 is 0 Å². The standard InChI is InChI=1S/C13H25N3/c1-10(2)7-16-11(14)15-9-13(16)6-5-12(3,4)8-13/h10H,5-9H2,1-4H3,(H2,14,15). The summed E-state index contributed by atoms with van der Waals surface area (Å²) in [6, 6.07) is 0. The van der Waals surface area contributed by atoms with Gasteiger partial charge in [0.2, 0.25) is 0 Å². The predicted molar refractivity (Wildman–Crippen MR) is 68.4 cm³/mol. The number of rotatable bonds is 2. The highest BCUT2D eigenvalue weighted by molar-refractivity contribution is 5.81. The SMILES string of the molecule is CC(C)CN1C(N)=NCC12CCC(C)(C)C2. The van der Waals surface area contributed by atoms with Crippen LogP contribution in [0.4, 0.5) is 0 Å². The maximum absolute atomic E-state index is 6.05. The van der Waals surface area contributed by atoms with E-state index in [4.69, 9.17) is 5.73 Å². The van der Waals surface area contributed by atoms with Gasteiger partial charge in [-0.3, -0.25) is 4.99 Å². The Morgan fingerprint density at radius 2 is 2.06 bits per heavy atom. The van der Waals surface area contributed by atoms with Crippen molar-refractivity contribution in [3.8, 4) is 0 Å². The maximum Gasteiger partial charge on any atom is 0.191 e. The highest BCUT2D eigenvalue weighted by Gasteiger charge is 2.50. The molecule has 1 unspecified atom stereocenters. The van der Waals surface area contributed by atoms with Gasteiger partial charge in [-0.15, -0.1) is 0 Å². The van der Waals surface area contributed by atoms with Gasteiger partial charge in [0.25, 0.3) is 0 Å². The average Bonchev–Trinajstić information content (AvgIpc) is 2.61. The van der Waals surface area contributed by atoms with Crippen molar-refractivity contribution in [3.63, 3.8) is 0 Å². The molecule has 2 aliphatic rings. The van der Waals surface area contributed by atoms with Gasteiger partial charge in [0.15, 0.2) is 5.96 Å². The third kappa shape index (κ3) is 1.92. The first-order valence-corrected chi connectivity index (χ1v) is 6.42. The molecule has 2 rings (SSSR count). The van der Waals surface area contributed by atoms with Gasteiger partial charge in [-0.2, -0.15) is 0 Å². The summed E-state index contributed by atoms with van der Waals surface area (Å²) in [5.41, 5.74) is 6.75. The summed E-state index contributed by atoms with van der Waals surface area (Å²) in [7, 11) is 0. The van der Waals surface area contributed by atoms with Crippen molar-refractivity contribution >= 4 is 5.96 Å². The number of nitrogens with two attached hydrogens (primary N) is 1. The molecule has 1 atom stereocenters. The van der Waals surface area contributed by atoms with Crippen molar-refractivity contribution in [1.82, 2.24) is 4.90 Å². The molecule has 1 fully saturated rings. The minimum Gasteiger partial charge on any atom is -0.370 e. The minimum atomic E-state index is 0.248. The molecule has 1 heterocycles. The molecule has 0 aromatic heterocycles. The normalized spacial score (nSPS) is 32.8. The Morgan fingerprint density at radius 1 is 1.38 bits per heavy atom. The van der Waals surface area contributed by atoms with Gasteiger partial charge in [0.05, 0.1) is 12.1 Å². The van der Waals surface area contributed by atoms with Crippen LogP contribution in [0.2, 0.25) is 0 Å². The lowest BCUT2D eigenvalue weighted by molar-refractivity contribution is 0.171. The van der Waals surface area contributed by atoms with Crippen molar-refractivity contribution < 1.29 is 0 Å². The van der Waals surface area contributed by atoms with E-state index < -0.39 is 0 Å². The summed E-state index contributed by atoms with van der Waals surface area (Å²) in [6.45, 7) is 11.2. The zero-order chi connectivity index (χ0) is 12.0. The van der Waals surface area contributed by atoms with E-state index in [1.54, 1.807) is 0 Å².